The number of hydrogen-bond acceptors (Lipinski definition) is 7. The third-order valence-electron chi connectivity index (χ3n) is 5.62. The molecule has 1 fully saturated rings. The molecule has 6 rings (SSSR count). The Bertz CT molecular complexity index is 1390. The summed E-state index contributed by atoms with van der Waals surface area (Å²) in [4.78, 5) is 16.1. The Morgan fingerprint density at radius 2 is 1.78 bits per heavy atom. The summed E-state index contributed by atoms with van der Waals surface area (Å²) >= 11 is 0. The molecule has 5 aromatic rings. The van der Waals surface area contributed by atoms with Crippen LogP contribution in [-0.2, 0) is 4.74 Å². The van der Waals surface area contributed by atoms with Crippen LogP contribution in [0, 0.1) is 0 Å². The largest absolute Gasteiger partial charge is 0.378 e. The van der Waals surface area contributed by atoms with Crippen LogP contribution in [0.2, 0.25) is 0 Å². The predicted molar refractivity (Wildman–Crippen MR) is 124 cm³/mol. The van der Waals surface area contributed by atoms with Crippen molar-refractivity contribution in [2.45, 2.75) is 0 Å². The molecule has 0 aliphatic carbocycles. The zero-order valence-corrected chi connectivity index (χ0v) is 17.3. The van der Waals surface area contributed by atoms with E-state index in [0.717, 1.165) is 54.2 Å². The van der Waals surface area contributed by atoms with E-state index in [1.165, 1.54) is 5.69 Å². The number of fused-ring (bicyclic) bond motifs is 2. The second kappa shape index (κ2) is 7.90. The van der Waals surface area contributed by atoms with E-state index >= 15 is 0 Å². The van der Waals surface area contributed by atoms with Gasteiger partial charge in [0.2, 0.25) is 5.95 Å². The summed E-state index contributed by atoms with van der Waals surface area (Å²) in [5, 5.41) is 8.94. The summed E-state index contributed by atoms with van der Waals surface area (Å²) < 4.78 is 7.17. The zero-order chi connectivity index (χ0) is 21.3. The summed E-state index contributed by atoms with van der Waals surface area (Å²) in [5.41, 5.74) is 5.40. The Morgan fingerprint density at radius 1 is 0.938 bits per heavy atom. The molecule has 0 amide bonds. The molecule has 4 heterocycles. The van der Waals surface area contributed by atoms with E-state index in [9.17, 15) is 0 Å². The van der Waals surface area contributed by atoms with Crippen LogP contribution in [0.1, 0.15) is 0 Å². The Morgan fingerprint density at radius 3 is 2.66 bits per heavy atom. The summed E-state index contributed by atoms with van der Waals surface area (Å²) in [7, 11) is 0. The van der Waals surface area contributed by atoms with Crippen LogP contribution in [-0.4, -0.2) is 50.9 Å². The van der Waals surface area contributed by atoms with Gasteiger partial charge in [0.15, 0.2) is 5.65 Å². The number of rotatable bonds is 4. The first-order valence-corrected chi connectivity index (χ1v) is 10.6. The lowest BCUT2D eigenvalue weighted by molar-refractivity contribution is 0.122. The van der Waals surface area contributed by atoms with E-state index in [1.54, 1.807) is 16.9 Å². The lowest BCUT2D eigenvalue weighted by atomic mass is 10.1. The van der Waals surface area contributed by atoms with E-state index < -0.39 is 0 Å². The van der Waals surface area contributed by atoms with Gasteiger partial charge in [0.25, 0.3) is 0 Å². The van der Waals surface area contributed by atoms with Gasteiger partial charge in [-0.05, 0) is 36.4 Å². The molecule has 0 bridgehead atoms. The molecule has 158 valence electrons. The van der Waals surface area contributed by atoms with Crippen molar-refractivity contribution < 1.29 is 4.74 Å². The fraction of sp³-hybridized carbons (Fsp3) is 0.167. The molecule has 8 nitrogen and oxygen atoms in total. The van der Waals surface area contributed by atoms with E-state index in [1.807, 2.05) is 42.6 Å². The van der Waals surface area contributed by atoms with Crippen molar-refractivity contribution in [3.05, 3.63) is 73.2 Å². The maximum Gasteiger partial charge on any atom is 0.247 e. The maximum atomic E-state index is 5.43. The van der Waals surface area contributed by atoms with Crippen LogP contribution in [0.15, 0.2) is 73.2 Å². The highest BCUT2D eigenvalue weighted by atomic mass is 16.5. The van der Waals surface area contributed by atoms with Gasteiger partial charge in [-0.15, -0.1) is 5.10 Å². The third-order valence-corrected chi connectivity index (χ3v) is 5.62. The van der Waals surface area contributed by atoms with Crippen LogP contribution in [0.4, 0.5) is 17.3 Å². The lowest BCUT2D eigenvalue weighted by Crippen LogP contribution is -2.36. The number of morpholine rings is 1. The zero-order valence-electron chi connectivity index (χ0n) is 17.3. The highest BCUT2D eigenvalue weighted by Crippen LogP contribution is 2.26. The molecule has 8 heteroatoms. The molecule has 32 heavy (non-hydrogen) atoms. The van der Waals surface area contributed by atoms with Gasteiger partial charge >= 0.3 is 0 Å². The molecule has 0 radical (unpaired) electrons. The fourth-order valence-electron chi connectivity index (χ4n) is 3.98. The fourth-order valence-corrected chi connectivity index (χ4v) is 3.98. The number of anilines is 3. The van der Waals surface area contributed by atoms with Crippen LogP contribution in [0.5, 0.6) is 0 Å². The van der Waals surface area contributed by atoms with Crippen LogP contribution >= 0.6 is 0 Å². The molecule has 3 aromatic heterocycles. The van der Waals surface area contributed by atoms with Crippen molar-refractivity contribution in [2.24, 2.45) is 0 Å². The van der Waals surface area contributed by atoms with Crippen molar-refractivity contribution in [1.82, 2.24) is 24.6 Å². The van der Waals surface area contributed by atoms with Gasteiger partial charge in [0, 0.05) is 54.0 Å². The number of nitrogens with one attached hydrogen (secondary N) is 1. The molecule has 0 unspecified atom stereocenters. The number of hydrogen-bond donors (Lipinski definition) is 1. The van der Waals surface area contributed by atoms with Crippen LogP contribution in [0.3, 0.4) is 0 Å². The SMILES string of the molecule is c1ccc2ncc(-c3nccn4nc(Nc5ccc(N6CCOCC6)cc5)nc34)cc2c1. The van der Waals surface area contributed by atoms with E-state index in [0.29, 0.717) is 11.6 Å². The molecule has 2 aromatic carbocycles. The van der Waals surface area contributed by atoms with Gasteiger partial charge in [0.1, 0.15) is 5.69 Å². The van der Waals surface area contributed by atoms with Crippen LogP contribution in [0.25, 0.3) is 27.8 Å². The molecular weight excluding hydrogens is 402 g/mol. The van der Waals surface area contributed by atoms with Crippen molar-refractivity contribution in [3.63, 3.8) is 0 Å². The van der Waals surface area contributed by atoms with Crippen molar-refractivity contribution in [1.29, 1.82) is 0 Å². The van der Waals surface area contributed by atoms with Gasteiger partial charge in [-0.2, -0.15) is 4.98 Å². The summed E-state index contributed by atoms with van der Waals surface area (Å²) in [5.74, 6) is 0.520. The molecular formula is C24H21N7O. The van der Waals surface area contributed by atoms with E-state index in [4.69, 9.17) is 9.72 Å². The predicted octanol–water partition coefficient (Wildman–Crippen LogP) is 3.92. The van der Waals surface area contributed by atoms with Gasteiger partial charge in [-0.3, -0.25) is 9.97 Å². The molecule has 1 N–H and O–H groups in total. The monoisotopic (exact) mass is 423 g/mol. The summed E-state index contributed by atoms with van der Waals surface area (Å²) in [6.45, 7) is 3.38. The molecule has 1 aliphatic heterocycles. The maximum absolute atomic E-state index is 5.43. The second-order valence-electron chi connectivity index (χ2n) is 7.67. The van der Waals surface area contributed by atoms with E-state index in [2.05, 4.69) is 43.5 Å². The third kappa shape index (κ3) is 3.50. The highest BCUT2D eigenvalue weighted by Gasteiger charge is 2.13. The average Bonchev–Trinajstić information content (AvgIpc) is 3.27. The van der Waals surface area contributed by atoms with E-state index in [-0.39, 0.29) is 0 Å². The standard InChI is InChI=1S/C24H21N7O/c1-2-4-21-17(3-1)15-18(16-26-21)22-23-28-24(29-31(23)10-9-25-22)27-19-5-7-20(8-6-19)30-11-13-32-14-12-30/h1-10,15-16H,11-14H2,(H,27,29). The molecule has 0 saturated carbocycles. The number of ether oxygens (including phenoxy) is 1. The number of para-hydroxylation sites is 1. The van der Waals surface area contributed by atoms with Crippen molar-refractivity contribution in [3.8, 4) is 11.3 Å². The lowest BCUT2D eigenvalue weighted by Gasteiger charge is -2.28. The number of pyridine rings is 1. The van der Waals surface area contributed by atoms with Gasteiger partial charge in [0.05, 0.1) is 18.7 Å². The normalized spacial score (nSPS) is 14.2. The average molecular weight is 423 g/mol. The first kappa shape index (κ1) is 18.7. The Labute approximate surface area is 184 Å². The molecule has 0 spiro atoms. The Balaban J connectivity index is 1.29. The first-order chi connectivity index (χ1) is 15.8. The Kier molecular flexibility index (Phi) is 4.62. The number of benzene rings is 2. The highest BCUT2D eigenvalue weighted by molar-refractivity contribution is 5.85. The Hall–Kier alpha value is -4.04. The molecule has 1 saturated heterocycles. The summed E-state index contributed by atoms with van der Waals surface area (Å²) in [6.07, 6.45) is 5.36. The summed E-state index contributed by atoms with van der Waals surface area (Å²) in [6, 6.07) is 18.4. The molecule has 1 aliphatic rings. The van der Waals surface area contributed by atoms with Crippen molar-refractivity contribution in [2.75, 3.05) is 36.5 Å². The minimum absolute atomic E-state index is 0.520. The smallest absolute Gasteiger partial charge is 0.247 e. The quantitative estimate of drug-likeness (QED) is 0.469. The topological polar surface area (TPSA) is 80.5 Å². The number of aromatic nitrogens is 5. The first-order valence-electron chi connectivity index (χ1n) is 10.6. The minimum atomic E-state index is 0.520. The number of nitrogens with zero attached hydrogens (tertiary/aromatic N) is 6. The second-order valence-corrected chi connectivity index (χ2v) is 7.67. The van der Waals surface area contributed by atoms with Crippen LogP contribution < -0.4 is 10.2 Å². The molecule has 0 atom stereocenters. The van der Waals surface area contributed by atoms with Gasteiger partial charge in [-0.1, -0.05) is 18.2 Å². The van der Waals surface area contributed by atoms with Gasteiger partial charge in [-0.25, -0.2) is 4.52 Å². The minimum Gasteiger partial charge on any atom is -0.378 e. The van der Waals surface area contributed by atoms with Gasteiger partial charge < -0.3 is 15.0 Å². The van der Waals surface area contributed by atoms with Crippen molar-refractivity contribution >= 4 is 33.9 Å².